The van der Waals surface area contributed by atoms with Crippen LogP contribution in [0.2, 0.25) is 0 Å². The molecule has 2 rings (SSSR count). The lowest BCUT2D eigenvalue weighted by atomic mass is 10.1. The van der Waals surface area contributed by atoms with Crippen LogP contribution >= 0.6 is 11.6 Å². The molecule has 2 unspecified atom stereocenters. The van der Waals surface area contributed by atoms with Crippen molar-refractivity contribution in [2.45, 2.75) is 50.4 Å². The molecule has 3 nitrogen and oxygen atoms in total. The zero-order valence-corrected chi connectivity index (χ0v) is 10.8. The highest BCUT2D eigenvalue weighted by Crippen LogP contribution is 2.22. The SMILES string of the molecule is Cc1ccc(C(=O)NC2CCCCCC2Cl)o1. The summed E-state index contributed by atoms with van der Waals surface area (Å²) in [5, 5.41) is 3.01. The van der Waals surface area contributed by atoms with Crippen molar-refractivity contribution in [1.82, 2.24) is 5.32 Å². The van der Waals surface area contributed by atoms with Crippen LogP contribution in [0.15, 0.2) is 16.5 Å². The highest BCUT2D eigenvalue weighted by molar-refractivity contribution is 6.21. The van der Waals surface area contributed by atoms with Gasteiger partial charge < -0.3 is 9.73 Å². The molecule has 1 amide bonds. The van der Waals surface area contributed by atoms with E-state index in [1.54, 1.807) is 12.1 Å². The summed E-state index contributed by atoms with van der Waals surface area (Å²) < 4.78 is 5.30. The third-order valence-corrected chi connectivity index (χ3v) is 3.73. The maximum Gasteiger partial charge on any atom is 0.287 e. The molecule has 1 aliphatic carbocycles. The fourth-order valence-corrected chi connectivity index (χ4v) is 2.56. The van der Waals surface area contributed by atoms with Gasteiger partial charge in [0.25, 0.3) is 5.91 Å². The van der Waals surface area contributed by atoms with Gasteiger partial charge in [-0.15, -0.1) is 11.6 Å². The summed E-state index contributed by atoms with van der Waals surface area (Å²) in [6.07, 6.45) is 5.42. The Bertz CT molecular complexity index is 389. The Hall–Kier alpha value is -0.960. The highest BCUT2D eigenvalue weighted by atomic mass is 35.5. The smallest absolute Gasteiger partial charge is 0.287 e. The first kappa shape index (κ1) is 12.5. The van der Waals surface area contributed by atoms with Crippen molar-refractivity contribution in [3.05, 3.63) is 23.7 Å². The molecule has 0 spiro atoms. The zero-order valence-electron chi connectivity index (χ0n) is 10.0. The number of carbonyl (C=O) groups excluding carboxylic acids is 1. The van der Waals surface area contributed by atoms with Crippen molar-refractivity contribution in [2.75, 3.05) is 0 Å². The lowest BCUT2D eigenvalue weighted by molar-refractivity contribution is 0.0904. The lowest BCUT2D eigenvalue weighted by Crippen LogP contribution is -2.40. The van der Waals surface area contributed by atoms with Crippen LogP contribution in [0.25, 0.3) is 0 Å². The Labute approximate surface area is 107 Å². The molecular weight excluding hydrogens is 238 g/mol. The number of rotatable bonds is 2. The number of hydrogen-bond acceptors (Lipinski definition) is 2. The van der Waals surface area contributed by atoms with E-state index in [9.17, 15) is 4.79 Å². The number of nitrogens with one attached hydrogen (secondary N) is 1. The van der Waals surface area contributed by atoms with Crippen molar-refractivity contribution in [2.24, 2.45) is 0 Å². The van der Waals surface area contributed by atoms with Gasteiger partial charge in [0.05, 0.1) is 5.38 Å². The normalized spacial score (nSPS) is 25.3. The van der Waals surface area contributed by atoms with Gasteiger partial charge in [0.2, 0.25) is 0 Å². The summed E-state index contributed by atoms with van der Waals surface area (Å²) in [5.41, 5.74) is 0. The second-order valence-electron chi connectivity index (χ2n) is 4.64. The van der Waals surface area contributed by atoms with E-state index in [0.29, 0.717) is 5.76 Å². The van der Waals surface area contributed by atoms with Crippen LogP contribution in [0, 0.1) is 6.92 Å². The van der Waals surface area contributed by atoms with Crippen LogP contribution in [-0.4, -0.2) is 17.3 Å². The van der Waals surface area contributed by atoms with E-state index in [1.165, 1.54) is 6.42 Å². The Balaban J connectivity index is 1.97. The van der Waals surface area contributed by atoms with Gasteiger partial charge in [-0.25, -0.2) is 0 Å². The summed E-state index contributed by atoms with van der Waals surface area (Å²) in [4.78, 5) is 11.9. The van der Waals surface area contributed by atoms with Crippen molar-refractivity contribution in [3.63, 3.8) is 0 Å². The molecule has 0 radical (unpaired) electrons. The molecule has 17 heavy (non-hydrogen) atoms. The Morgan fingerprint density at radius 3 is 2.82 bits per heavy atom. The minimum Gasteiger partial charge on any atom is -0.456 e. The maximum atomic E-state index is 11.9. The lowest BCUT2D eigenvalue weighted by Gasteiger charge is -2.20. The predicted octanol–water partition coefficient (Wildman–Crippen LogP) is 3.26. The molecule has 0 bridgehead atoms. The number of halogens is 1. The quantitative estimate of drug-likeness (QED) is 0.651. The summed E-state index contributed by atoms with van der Waals surface area (Å²) >= 11 is 6.28. The fourth-order valence-electron chi connectivity index (χ4n) is 2.22. The van der Waals surface area contributed by atoms with Gasteiger partial charge >= 0.3 is 0 Å². The minimum atomic E-state index is -0.157. The van der Waals surface area contributed by atoms with Gasteiger partial charge in [0.15, 0.2) is 5.76 Å². The van der Waals surface area contributed by atoms with Crippen LogP contribution in [0.4, 0.5) is 0 Å². The number of alkyl halides is 1. The molecule has 1 heterocycles. The largest absolute Gasteiger partial charge is 0.456 e. The van der Waals surface area contributed by atoms with Gasteiger partial charge in [0.1, 0.15) is 5.76 Å². The van der Waals surface area contributed by atoms with Crippen molar-refractivity contribution >= 4 is 17.5 Å². The second-order valence-corrected chi connectivity index (χ2v) is 5.20. The number of furan rings is 1. The highest BCUT2D eigenvalue weighted by Gasteiger charge is 2.24. The average molecular weight is 256 g/mol. The molecular formula is C13H18ClNO2. The topological polar surface area (TPSA) is 42.2 Å². The minimum absolute atomic E-state index is 0.0394. The zero-order chi connectivity index (χ0) is 12.3. The summed E-state index contributed by atoms with van der Waals surface area (Å²) in [7, 11) is 0. The Morgan fingerprint density at radius 2 is 2.12 bits per heavy atom. The van der Waals surface area contributed by atoms with Crippen LogP contribution in [0.1, 0.15) is 48.4 Å². The number of aryl methyl sites for hydroxylation is 1. The van der Waals surface area contributed by atoms with Gasteiger partial charge in [-0.05, 0) is 31.9 Å². The van der Waals surface area contributed by atoms with Gasteiger partial charge in [-0.1, -0.05) is 19.3 Å². The molecule has 1 aromatic heterocycles. The van der Waals surface area contributed by atoms with Crippen LogP contribution in [0.3, 0.4) is 0 Å². The third kappa shape index (κ3) is 3.25. The fraction of sp³-hybridized carbons (Fsp3) is 0.615. The van der Waals surface area contributed by atoms with Gasteiger partial charge in [-0.3, -0.25) is 4.79 Å². The van der Waals surface area contributed by atoms with Crippen molar-refractivity contribution < 1.29 is 9.21 Å². The molecule has 1 aromatic rings. The molecule has 0 aliphatic heterocycles. The number of hydrogen-bond donors (Lipinski definition) is 1. The molecule has 94 valence electrons. The molecule has 0 aromatic carbocycles. The molecule has 4 heteroatoms. The monoisotopic (exact) mass is 255 g/mol. The van der Waals surface area contributed by atoms with E-state index in [-0.39, 0.29) is 17.3 Å². The van der Waals surface area contributed by atoms with Crippen LogP contribution in [-0.2, 0) is 0 Å². The van der Waals surface area contributed by atoms with Crippen molar-refractivity contribution in [3.8, 4) is 0 Å². The first-order valence-corrected chi connectivity index (χ1v) is 6.62. The standard InChI is InChI=1S/C13H18ClNO2/c1-9-7-8-12(17-9)13(16)15-11-6-4-2-3-5-10(11)14/h7-8,10-11H,2-6H2,1H3,(H,15,16). The molecule has 0 saturated heterocycles. The van der Waals surface area contributed by atoms with Crippen molar-refractivity contribution in [1.29, 1.82) is 0 Å². The molecule has 1 fully saturated rings. The van der Waals surface area contributed by atoms with E-state index in [0.717, 1.165) is 31.4 Å². The van der Waals surface area contributed by atoms with E-state index >= 15 is 0 Å². The first-order valence-electron chi connectivity index (χ1n) is 6.18. The van der Waals surface area contributed by atoms with Gasteiger partial charge in [0, 0.05) is 6.04 Å². The van der Waals surface area contributed by atoms with Gasteiger partial charge in [-0.2, -0.15) is 0 Å². The predicted molar refractivity (Wildman–Crippen MR) is 67.4 cm³/mol. The molecule has 1 saturated carbocycles. The Morgan fingerprint density at radius 1 is 1.35 bits per heavy atom. The molecule has 2 atom stereocenters. The summed E-state index contributed by atoms with van der Waals surface area (Å²) in [6, 6.07) is 3.56. The maximum absolute atomic E-state index is 11.9. The third-order valence-electron chi connectivity index (χ3n) is 3.21. The second kappa shape index (κ2) is 5.58. The molecule has 1 N–H and O–H groups in total. The van der Waals surface area contributed by atoms with E-state index in [1.807, 2.05) is 6.92 Å². The first-order chi connectivity index (χ1) is 8.16. The molecule has 1 aliphatic rings. The number of carbonyl (C=O) groups is 1. The number of amides is 1. The van der Waals surface area contributed by atoms with E-state index in [4.69, 9.17) is 16.0 Å². The van der Waals surface area contributed by atoms with E-state index < -0.39 is 0 Å². The van der Waals surface area contributed by atoms with Crippen LogP contribution in [0.5, 0.6) is 0 Å². The Kier molecular flexibility index (Phi) is 4.11. The average Bonchev–Trinajstić information content (AvgIpc) is 2.63. The van der Waals surface area contributed by atoms with E-state index in [2.05, 4.69) is 5.32 Å². The summed E-state index contributed by atoms with van der Waals surface area (Å²) in [6.45, 7) is 1.83. The van der Waals surface area contributed by atoms with Crippen LogP contribution < -0.4 is 5.32 Å². The summed E-state index contributed by atoms with van der Waals surface area (Å²) in [5.74, 6) is 0.963.